The Morgan fingerprint density at radius 2 is 2.10 bits per heavy atom. The quantitative estimate of drug-likeness (QED) is 0.818. The monoisotopic (exact) mass is 281 g/mol. The van der Waals surface area contributed by atoms with Crippen LogP contribution in [0.3, 0.4) is 0 Å². The molecule has 2 heterocycles. The fraction of sp³-hybridized carbons (Fsp3) is 0.188. The number of carbonyl (C=O) groups excluding carboxylic acids is 2. The summed E-state index contributed by atoms with van der Waals surface area (Å²) in [5, 5.41) is 7.21. The zero-order valence-electron chi connectivity index (χ0n) is 11.4. The first-order chi connectivity index (χ1) is 10.3. The molecule has 1 aliphatic rings. The summed E-state index contributed by atoms with van der Waals surface area (Å²) in [5.41, 5.74) is 0.342. The summed E-state index contributed by atoms with van der Waals surface area (Å²) in [6, 6.07) is 8.85. The number of pyridine rings is 1. The Balaban J connectivity index is 1.87. The van der Waals surface area contributed by atoms with Gasteiger partial charge in [-0.2, -0.15) is 0 Å². The minimum Gasteiger partial charge on any atom is -0.351 e. The van der Waals surface area contributed by atoms with Crippen LogP contribution in [0.2, 0.25) is 0 Å². The summed E-state index contributed by atoms with van der Waals surface area (Å²) >= 11 is 0. The summed E-state index contributed by atoms with van der Waals surface area (Å²) in [6.45, 7) is 0.498. The molecule has 1 aliphatic heterocycles. The van der Waals surface area contributed by atoms with Crippen LogP contribution >= 0.6 is 0 Å². The Morgan fingerprint density at radius 3 is 3.00 bits per heavy atom. The Bertz CT molecular complexity index is 719. The van der Waals surface area contributed by atoms with Gasteiger partial charge in [0.2, 0.25) is 5.91 Å². The minimum absolute atomic E-state index is 0.173. The second-order valence-electron chi connectivity index (χ2n) is 4.86. The van der Waals surface area contributed by atoms with Gasteiger partial charge < -0.3 is 10.6 Å². The van der Waals surface area contributed by atoms with Crippen LogP contribution in [0.15, 0.2) is 48.7 Å². The van der Waals surface area contributed by atoms with Crippen LogP contribution in [0.4, 0.5) is 0 Å². The SMILES string of the molecule is O=C(NC1CC=CCNC1=O)c1nccc2ccccc12. The summed E-state index contributed by atoms with van der Waals surface area (Å²) in [6.07, 6.45) is 5.85. The topological polar surface area (TPSA) is 71.1 Å². The molecule has 0 bridgehead atoms. The molecular formula is C16H15N3O2. The summed E-state index contributed by atoms with van der Waals surface area (Å²) < 4.78 is 0. The molecule has 2 amide bonds. The number of amides is 2. The number of benzene rings is 1. The maximum absolute atomic E-state index is 12.4. The first-order valence-electron chi connectivity index (χ1n) is 6.83. The van der Waals surface area contributed by atoms with E-state index in [4.69, 9.17) is 0 Å². The molecule has 1 unspecified atom stereocenters. The molecule has 0 radical (unpaired) electrons. The third-order valence-electron chi connectivity index (χ3n) is 3.44. The number of hydrogen-bond acceptors (Lipinski definition) is 3. The molecule has 2 N–H and O–H groups in total. The molecular weight excluding hydrogens is 266 g/mol. The van der Waals surface area contributed by atoms with Gasteiger partial charge in [0.15, 0.2) is 0 Å². The number of nitrogens with zero attached hydrogens (tertiary/aromatic N) is 1. The Kier molecular flexibility index (Phi) is 3.64. The molecule has 2 aromatic rings. The summed E-state index contributed by atoms with van der Waals surface area (Å²) in [5.74, 6) is -0.504. The molecule has 1 aromatic carbocycles. The van der Waals surface area contributed by atoms with E-state index in [0.717, 1.165) is 10.8 Å². The smallest absolute Gasteiger partial charge is 0.271 e. The Morgan fingerprint density at radius 1 is 1.24 bits per heavy atom. The van der Waals surface area contributed by atoms with Crippen molar-refractivity contribution in [3.63, 3.8) is 0 Å². The van der Waals surface area contributed by atoms with Crippen molar-refractivity contribution in [2.45, 2.75) is 12.5 Å². The second-order valence-corrected chi connectivity index (χ2v) is 4.86. The molecule has 0 saturated heterocycles. The third kappa shape index (κ3) is 2.76. The van der Waals surface area contributed by atoms with E-state index in [-0.39, 0.29) is 11.8 Å². The van der Waals surface area contributed by atoms with E-state index in [1.54, 1.807) is 6.20 Å². The van der Waals surface area contributed by atoms with Crippen molar-refractivity contribution < 1.29 is 9.59 Å². The van der Waals surface area contributed by atoms with Crippen molar-refractivity contribution in [2.24, 2.45) is 0 Å². The van der Waals surface area contributed by atoms with E-state index in [0.29, 0.717) is 18.7 Å². The van der Waals surface area contributed by atoms with Gasteiger partial charge in [0.05, 0.1) is 0 Å². The number of aromatic nitrogens is 1. The van der Waals surface area contributed by atoms with Gasteiger partial charge in [0.25, 0.3) is 5.91 Å². The molecule has 0 fully saturated rings. The highest BCUT2D eigenvalue weighted by Crippen LogP contribution is 2.16. The number of hydrogen-bond donors (Lipinski definition) is 2. The Hall–Kier alpha value is -2.69. The molecule has 106 valence electrons. The van der Waals surface area contributed by atoms with Crippen LogP contribution in [-0.4, -0.2) is 29.4 Å². The number of carbonyl (C=O) groups is 2. The van der Waals surface area contributed by atoms with Gasteiger partial charge in [0.1, 0.15) is 11.7 Å². The minimum atomic E-state index is -0.558. The average Bonchev–Trinajstić information content (AvgIpc) is 2.71. The molecule has 0 aliphatic carbocycles. The predicted molar refractivity (Wildman–Crippen MR) is 79.8 cm³/mol. The first-order valence-corrected chi connectivity index (χ1v) is 6.83. The molecule has 5 heteroatoms. The maximum Gasteiger partial charge on any atom is 0.271 e. The zero-order valence-corrected chi connectivity index (χ0v) is 11.4. The van der Waals surface area contributed by atoms with Crippen molar-refractivity contribution in [3.05, 3.63) is 54.4 Å². The van der Waals surface area contributed by atoms with Crippen molar-refractivity contribution in [1.82, 2.24) is 15.6 Å². The van der Waals surface area contributed by atoms with Gasteiger partial charge in [-0.15, -0.1) is 0 Å². The first kappa shape index (κ1) is 13.3. The number of nitrogens with one attached hydrogen (secondary N) is 2. The Labute approximate surface area is 122 Å². The van der Waals surface area contributed by atoms with Crippen molar-refractivity contribution in [2.75, 3.05) is 6.54 Å². The van der Waals surface area contributed by atoms with E-state index in [1.807, 2.05) is 42.5 Å². The van der Waals surface area contributed by atoms with Crippen LogP contribution in [0, 0.1) is 0 Å². The highest BCUT2D eigenvalue weighted by Gasteiger charge is 2.22. The normalized spacial score (nSPS) is 18.1. The van der Waals surface area contributed by atoms with Gasteiger partial charge in [-0.1, -0.05) is 36.4 Å². The third-order valence-corrected chi connectivity index (χ3v) is 3.44. The highest BCUT2D eigenvalue weighted by molar-refractivity contribution is 6.06. The molecule has 3 rings (SSSR count). The molecule has 0 saturated carbocycles. The van der Waals surface area contributed by atoms with Crippen LogP contribution in [0.25, 0.3) is 10.8 Å². The average molecular weight is 281 g/mol. The van der Waals surface area contributed by atoms with Gasteiger partial charge in [-0.25, -0.2) is 0 Å². The number of fused-ring (bicyclic) bond motifs is 1. The zero-order chi connectivity index (χ0) is 14.7. The summed E-state index contributed by atoms with van der Waals surface area (Å²) in [7, 11) is 0. The van der Waals surface area contributed by atoms with E-state index >= 15 is 0 Å². The lowest BCUT2D eigenvalue weighted by molar-refractivity contribution is -0.122. The van der Waals surface area contributed by atoms with Crippen molar-refractivity contribution in [3.8, 4) is 0 Å². The maximum atomic E-state index is 12.4. The molecule has 21 heavy (non-hydrogen) atoms. The fourth-order valence-electron chi connectivity index (χ4n) is 2.36. The van der Waals surface area contributed by atoms with Gasteiger partial charge >= 0.3 is 0 Å². The van der Waals surface area contributed by atoms with E-state index in [9.17, 15) is 9.59 Å². The highest BCUT2D eigenvalue weighted by atomic mass is 16.2. The van der Waals surface area contributed by atoms with Crippen molar-refractivity contribution in [1.29, 1.82) is 0 Å². The standard InChI is InChI=1S/C16H15N3O2/c20-15-13(7-3-4-9-18-15)19-16(21)14-12-6-2-1-5-11(12)8-10-17-14/h1-6,8,10,13H,7,9H2,(H,18,20)(H,19,21). The van der Waals surface area contributed by atoms with E-state index in [2.05, 4.69) is 15.6 Å². The number of rotatable bonds is 2. The largest absolute Gasteiger partial charge is 0.351 e. The molecule has 1 atom stereocenters. The van der Waals surface area contributed by atoms with E-state index in [1.165, 1.54) is 0 Å². The van der Waals surface area contributed by atoms with E-state index < -0.39 is 6.04 Å². The lowest BCUT2D eigenvalue weighted by atomic mass is 10.1. The van der Waals surface area contributed by atoms with Crippen molar-refractivity contribution >= 4 is 22.6 Å². The lowest BCUT2D eigenvalue weighted by Crippen LogP contribution is -2.45. The van der Waals surface area contributed by atoms with Gasteiger partial charge in [-0.05, 0) is 17.9 Å². The second kappa shape index (κ2) is 5.75. The van der Waals surface area contributed by atoms with Crippen LogP contribution in [0.1, 0.15) is 16.9 Å². The molecule has 0 spiro atoms. The van der Waals surface area contributed by atoms with Crippen LogP contribution < -0.4 is 10.6 Å². The lowest BCUT2D eigenvalue weighted by Gasteiger charge is -2.15. The summed E-state index contributed by atoms with van der Waals surface area (Å²) in [4.78, 5) is 28.4. The molecule has 1 aromatic heterocycles. The van der Waals surface area contributed by atoms with Gasteiger partial charge in [-0.3, -0.25) is 14.6 Å². The molecule has 5 nitrogen and oxygen atoms in total. The van der Waals surface area contributed by atoms with Crippen LogP contribution in [0.5, 0.6) is 0 Å². The fourth-order valence-corrected chi connectivity index (χ4v) is 2.36. The predicted octanol–water partition coefficient (Wildman–Crippen LogP) is 1.41. The van der Waals surface area contributed by atoms with Crippen LogP contribution in [-0.2, 0) is 4.79 Å². The van der Waals surface area contributed by atoms with Gasteiger partial charge in [0, 0.05) is 18.1 Å².